The third-order valence-electron chi connectivity index (χ3n) is 0. The van der Waals surface area contributed by atoms with E-state index in [9.17, 15) is 0 Å². The molecule has 8 heteroatoms. The van der Waals surface area contributed by atoms with Crippen LogP contribution in [-0.4, -0.2) is 10.6 Å². The molecular weight excluding hydrogens is 246 g/mol. The Morgan fingerprint density at radius 2 is 1.12 bits per heavy atom. The van der Waals surface area contributed by atoms with Crippen LogP contribution < -0.4 is 12.3 Å². The van der Waals surface area contributed by atoms with Crippen molar-refractivity contribution in [2.24, 2.45) is 0 Å². The molecule has 0 aromatic carbocycles. The Morgan fingerprint density at radius 1 is 1.12 bits per heavy atom. The molecule has 0 saturated heterocycles. The minimum atomic E-state index is -1.75. The smallest absolute Gasteiger partial charge is 0.0689 e. The van der Waals surface area contributed by atoms with E-state index in [1.54, 1.807) is 0 Å². The third kappa shape index (κ3) is 922. The SMILES string of the molecule is N.N.O.O=[N+]([O-])[O-].[Ce]. The molecule has 0 atom stereocenters. The van der Waals surface area contributed by atoms with E-state index in [-0.39, 0.29) is 59.5 Å². The van der Waals surface area contributed by atoms with Crippen molar-refractivity contribution in [3.8, 4) is 0 Å². The van der Waals surface area contributed by atoms with Gasteiger partial charge in [-0.1, -0.05) is 0 Å². The van der Waals surface area contributed by atoms with E-state index in [0.29, 0.717) is 0 Å². The van der Waals surface area contributed by atoms with E-state index in [1.165, 1.54) is 0 Å². The Labute approximate surface area is 79.4 Å². The van der Waals surface area contributed by atoms with Crippen LogP contribution in [0.4, 0.5) is 0 Å². The molecule has 8 N–H and O–H groups in total. The van der Waals surface area contributed by atoms with E-state index < -0.39 is 5.09 Å². The molecule has 0 fully saturated rings. The van der Waals surface area contributed by atoms with Gasteiger partial charge in [0.25, 0.3) is 0 Å². The molecule has 0 saturated carbocycles. The Kier molecular flexibility index (Phi) is 128. The maximum absolute atomic E-state index is 8.25. The van der Waals surface area contributed by atoms with Crippen molar-refractivity contribution in [3.05, 3.63) is 15.3 Å². The van der Waals surface area contributed by atoms with Crippen LogP contribution in [0.25, 0.3) is 0 Å². The summed E-state index contributed by atoms with van der Waals surface area (Å²) in [7, 11) is 0. The van der Waals surface area contributed by atoms with Gasteiger partial charge in [-0.15, -0.1) is 0 Å². The van der Waals surface area contributed by atoms with Gasteiger partial charge in [-0.25, -0.2) is 0 Å². The maximum Gasteiger partial charge on any atom is 0.0689 e. The summed E-state index contributed by atoms with van der Waals surface area (Å²) in [6.07, 6.45) is 0. The number of rotatable bonds is 0. The van der Waals surface area contributed by atoms with Crippen molar-refractivity contribution in [3.63, 3.8) is 0 Å². The minimum Gasteiger partial charge on any atom is -0.412 e. The van der Waals surface area contributed by atoms with E-state index in [0.717, 1.165) is 0 Å². The summed E-state index contributed by atoms with van der Waals surface area (Å²) in [5, 5.41) is 14.8. The molecule has 0 heterocycles. The molecule has 0 bridgehead atoms. The van der Waals surface area contributed by atoms with E-state index in [4.69, 9.17) is 15.3 Å². The van der Waals surface area contributed by atoms with Crippen LogP contribution in [-0.2, 0) is 0 Å². The molecule has 0 rings (SSSR count). The Morgan fingerprint density at radius 3 is 1.12 bits per heavy atom. The Bertz CT molecular complexity index is 34.3. The first-order valence-electron chi connectivity index (χ1n) is 0.548. The summed E-state index contributed by atoms with van der Waals surface area (Å²) in [5.74, 6) is 0. The molecule has 8 heavy (non-hydrogen) atoms. The summed E-state index contributed by atoms with van der Waals surface area (Å²) in [6.45, 7) is 0. The Hall–Kier alpha value is 0.457. The molecule has 52 valence electrons. The second-order valence-electron chi connectivity index (χ2n) is 0.224. The number of hydrogen-bond donors (Lipinski definition) is 2. The van der Waals surface area contributed by atoms with Crippen LogP contribution in [0.5, 0.6) is 0 Å². The van der Waals surface area contributed by atoms with Crippen LogP contribution in [0, 0.1) is 57.1 Å². The van der Waals surface area contributed by atoms with E-state index in [2.05, 4.69) is 0 Å². The average Bonchev–Trinajstić information content (AvgIpc) is 0.811. The molecule has 0 aliphatic rings. The molecule has 7 nitrogen and oxygen atoms in total. The molecule has 0 radical (unpaired) electrons. The molecule has 0 spiro atoms. The second kappa shape index (κ2) is 26.0. The first kappa shape index (κ1) is 39.4. The summed E-state index contributed by atoms with van der Waals surface area (Å²) in [4.78, 5) is 8.25. The van der Waals surface area contributed by atoms with Crippen LogP contribution in [0.1, 0.15) is 0 Å². The second-order valence-corrected chi connectivity index (χ2v) is 0.224. The van der Waals surface area contributed by atoms with E-state index in [1.807, 2.05) is 0 Å². The van der Waals surface area contributed by atoms with Crippen molar-refractivity contribution in [2.75, 3.05) is 0 Å². The number of nitrogens with zero attached hydrogens (tertiary/aromatic N) is 1. The number of hydrogen-bond acceptors (Lipinski definition) is 5. The normalized spacial score (nSPS) is 3.00. The van der Waals surface area contributed by atoms with E-state index >= 15 is 0 Å². The Balaban J connectivity index is -0.00000000750. The molecule has 0 unspecified atom stereocenters. The monoisotopic (exact) mass is 254 g/mol. The first-order chi connectivity index (χ1) is 1.73. The van der Waals surface area contributed by atoms with Crippen molar-refractivity contribution in [1.29, 1.82) is 0 Å². The summed E-state index contributed by atoms with van der Waals surface area (Å²) in [6, 6.07) is 0. The molecule has 0 amide bonds. The maximum atomic E-state index is 8.25. The standard InChI is InChI=1S/Ce.NO3.2H3N.H2O/c;2-1(3)4;;;/h;;2*1H3;1H2/q;-1;;;. The molecule has 0 aliphatic carbocycles. The van der Waals surface area contributed by atoms with Gasteiger partial charge in [-0.3, -0.25) is 0 Å². The van der Waals surface area contributed by atoms with Gasteiger partial charge in [0, 0.05) is 41.7 Å². The van der Waals surface area contributed by atoms with Crippen molar-refractivity contribution in [2.45, 2.75) is 0 Å². The summed E-state index contributed by atoms with van der Waals surface area (Å²) in [5.41, 5.74) is 0. The predicted octanol–water partition coefficient (Wildman–Crippen LogP) is -0.740. The molecule has 0 aromatic heterocycles. The van der Waals surface area contributed by atoms with Gasteiger partial charge in [0.2, 0.25) is 0 Å². The molecular formula is H8CeN3O4-. The van der Waals surface area contributed by atoms with Gasteiger partial charge in [0.15, 0.2) is 0 Å². The van der Waals surface area contributed by atoms with Crippen molar-refractivity contribution >= 4 is 0 Å². The quantitative estimate of drug-likeness (QED) is 0.427. The summed E-state index contributed by atoms with van der Waals surface area (Å²) >= 11 is 0. The van der Waals surface area contributed by atoms with Crippen LogP contribution >= 0.6 is 0 Å². The zero-order valence-corrected chi connectivity index (χ0v) is 7.23. The fraction of sp³-hybridized carbons (Fsp3) is 0. The van der Waals surface area contributed by atoms with Gasteiger partial charge in [0.05, 0.1) is 5.09 Å². The zero-order chi connectivity index (χ0) is 3.58. The van der Waals surface area contributed by atoms with Crippen molar-refractivity contribution < 1.29 is 52.3 Å². The average molecular weight is 254 g/mol. The van der Waals surface area contributed by atoms with Gasteiger partial charge >= 0.3 is 0 Å². The molecule has 0 aliphatic heterocycles. The van der Waals surface area contributed by atoms with Crippen LogP contribution in [0.2, 0.25) is 0 Å². The van der Waals surface area contributed by atoms with Gasteiger partial charge in [0.1, 0.15) is 0 Å². The van der Waals surface area contributed by atoms with Crippen LogP contribution in [0.3, 0.4) is 0 Å². The third-order valence-corrected chi connectivity index (χ3v) is 0. The van der Waals surface area contributed by atoms with Gasteiger partial charge < -0.3 is 33.1 Å². The predicted molar refractivity (Wildman–Crippen MR) is 24.0 cm³/mol. The largest absolute Gasteiger partial charge is 0.412 e. The molecule has 0 aromatic rings. The van der Waals surface area contributed by atoms with Gasteiger partial charge in [-0.2, -0.15) is 0 Å². The zero-order valence-electron chi connectivity index (χ0n) is 4.09. The van der Waals surface area contributed by atoms with Crippen LogP contribution in [0.15, 0.2) is 0 Å². The van der Waals surface area contributed by atoms with Gasteiger partial charge in [-0.05, 0) is 0 Å². The first-order valence-corrected chi connectivity index (χ1v) is 0.548. The topological polar surface area (TPSA) is 168 Å². The minimum absolute atomic E-state index is 0. The fourth-order valence-corrected chi connectivity index (χ4v) is 0. The van der Waals surface area contributed by atoms with Crippen molar-refractivity contribution in [1.82, 2.24) is 12.3 Å². The summed E-state index contributed by atoms with van der Waals surface area (Å²) < 4.78 is 0. The fourth-order valence-electron chi connectivity index (χ4n) is 0.